The van der Waals surface area contributed by atoms with E-state index in [9.17, 15) is 9.90 Å². The first kappa shape index (κ1) is 15.6. The molecular weight excluding hydrogens is 280 g/mol. The van der Waals surface area contributed by atoms with E-state index < -0.39 is 0 Å². The summed E-state index contributed by atoms with van der Waals surface area (Å²) in [5.74, 6) is 0.738. The second kappa shape index (κ2) is 7.83. The minimum atomic E-state index is -0.178. The Balaban J connectivity index is 1.79. The molecular formula is C17H18N2O3. The molecule has 0 unspecified atom stereocenters. The van der Waals surface area contributed by atoms with E-state index in [-0.39, 0.29) is 11.7 Å². The Labute approximate surface area is 129 Å². The summed E-state index contributed by atoms with van der Waals surface area (Å²) < 4.78 is 5.08. The summed E-state index contributed by atoms with van der Waals surface area (Å²) in [4.78, 5) is 11.7. The van der Waals surface area contributed by atoms with Crippen molar-refractivity contribution in [3.8, 4) is 11.5 Å². The molecule has 2 aromatic carbocycles. The van der Waals surface area contributed by atoms with Gasteiger partial charge in [0.15, 0.2) is 0 Å². The van der Waals surface area contributed by atoms with E-state index in [0.29, 0.717) is 18.4 Å². The van der Waals surface area contributed by atoms with Crippen molar-refractivity contribution in [3.63, 3.8) is 0 Å². The molecule has 0 aliphatic carbocycles. The predicted octanol–water partition coefficient (Wildman–Crippen LogP) is 2.48. The first-order valence-corrected chi connectivity index (χ1v) is 6.92. The Kier molecular flexibility index (Phi) is 5.54. The maximum Gasteiger partial charge on any atom is 0.240 e. The number of hydrogen-bond donors (Lipinski definition) is 2. The number of carbonyl (C=O) groups is 1. The van der Waals surface area contributed by atoms with Crippen molar-refractivity contribution in [2.24, 2.45) is 5.10 Å². The van der Waals surface area contributed by atoms with E-state index in [2.05, 4.69) is 10.5 Å². The third-order valence-electron chi connectivity index (χ3n) is 3.13. The fourth-order valence-corrected chi connectivity index (χ4v) is 1.88. The predicted molar refractivity (Wildman–Crippen MR) is 85.2 cm³/mol. The molecule has 2 N–H and O–H groups in total. The molecule has 0 saturated heterocycles. The second-order valence-electron chi connectivity index (χ2n) is 4.70. The van der Waals surface area contributed by atoms with Crippen LogP contribution in [0.5, 0.6) is 11.5 Å². The van der Waals surface area contributed by atoms with Crippen molar-refractivity contribution < 1.29 is 14.6 Å². The van der Waals surface area contributed by atoms with Gasteiger partial charge in [-0.15, -0.1) is 0 Å². The van der Waals surface area contributed by atoms with Crippen LogP contribution in [0, 0.1) is 0 Å². The summed E-state index contributed by atoms with van der Waals surface area (Å²) in [5, 5.41) is 13.4. The first-order chi connectivity index (χ1) is 10.7. The molecule has 0 aliphatic rings. The van der Waals surface area contributed by atoms with Crippen molar-refractivity contribution in [2.75, 3.05) is 7.11 Å². The lowest BCUT2D eigenvalue weighted by Crippen LogP contribution is -2.17. The quantitative estimate of drug-likeness (QED) is 0.636. The van der Waals surface area contributed by atoms with Crippen molar-refractivity contribution in [2.45, 2.75) is 12.8 Å². The van der Waals surface area contributed by atoms with Crippen LogP contribution in [-0.2, 0) is 11.2 Å². The molecule has 0 atom stereocenters. The van der Waals surface area contributed by atoms with Crippen molar-refractivity contribution >= 4 is 12.1 Å². The number of aromatic hydroxyl groups is 1. The number of benzene rings is 2. The Hall–Kier alpha value is -2.82. The Bertz CT molecular complexity index is 651. The highest BCUT2D eigenvalue weighted by Gasteiger charge is 2.02. The molecule has 1 amide bonds. The number of nitrogens with zero attached hydrogens (tertiary/aromatic N) is 1. The molecule has 0 aromatic heterocycles. The van der Waals surface area contributed by atoms with Crippen LogP contribution in [0.15, 0.2) is 53.6 Å². The SMILES string of the molecule is COc1ccc(CCC(=O)N/N=C/c2ccccc2O)cc1. The minimum Gasteiger partial charge on any atom is -0.507 e. The van der Waals surface area contributed by atoms with Crippen molar-refractivity contribution in [1.82, 2.24) is 5.43 Å². The number of aryl methyl sites for hydroxylation is 1. The topological polar surface area (TPSA) is 70.9 Å². The maximum absolute atomic E-state index is 11.7. The lowest BCUT2D eigenvalue weighted by Gasteiger charge is -2.03. The van der Waals surface area contributed by atoms with Gasteiger partial charge in [0.05, 0.1) is 13.3 Å². The average molecular weight is 298 g/mol. The van der Waals surface area contributed by atoms with Gasteiger partial charge in [0.25, 0.3) is 0 Å². The van der Waals surface area contributed by atoms with Gasteiger partial charge in [0.1, 0.15) is 11.5 Å². The largest absolute Gasteiger partial charge is 0.507 e. The highest BCUT2D eigenvalue weighted by atomic mass is 16.5. The van der Waals surface area contributed by atoms with Gasteiger partial charge in [-0.05, 0) is 36.2 Å². The fourth-order valence-electron chi connectivity index (χ4n) is 1.88. The molecule has 0 spiro atoms. The number of hydrogen-bond acceptors (Lipinski definition) is 4. The average Bonchev–Trinajstić information content (AvgIpc) is 2.55. The summed E-state index contributed by atoms with van der Waals surface area (Å²) in [5.41, 5.74) is 4.06. The Morgan fingerprint density at radius 2 is 1.95 bits per heavy atom. The van der Waals surface area contributed by atoms with Crippen LogP contribution in [0.3, 0.4) is 0 Å². The van der Waals surface area contributed by atoms with Crippen LogP contribution in [0.4, 0.5) is 0 Å². The number of para-hydroxylation sites is 1. The van der Waals surface area contributed by atoms with Gasteiger partial charge >= 0.3 is 0 Å². The molecule has 2 aromatic rings. The lowest BCUT2D eigenvalue weighted by atomic mass is 10.1. The monoisotopic (exact) mass is 298 g/mol. The molecule has 0 aliphatic heterocycles. The third kappa shape index (κ3) is 4.63. The van der Waals surface area contributed by atoms with Crippen LogP contribution >= 0.6 is 0 Å². The number of carbonyl (C=O) groups excluding carboxylic acids is 1. The maximum atomic E-state index is 11.7. The number of methoxy groups -OCH3 is 1. The van der Waals surface area contributed by atoms with Gasteiger partial charge in [-0.1, -0.05) is 24.3 Å². The third-order valence-corrected chi connectivity index (χ3v) is 3.13. The molecule has 0 heterocycles. The fraction of sp³-hybridized carbons (Fsp3) is 0.176. The van der Waals surface area contributed by atoms with Gasteiger partial charge in [-0.2, -0.15) is 5.10 Å². The molecule has 2 rings (SSSR count). The van der Waals surface area contributed by atoms with Crippen LogP contribution in [-0.4, -0.2) is 24.3 Å². The number of ether oxygens (including phenoxy) is 1. The van der Waals surface area contributed by atoms with E-state index in [1.54, 1.807) is 31.4 Å². The van der Waals surface area contributed by atoms with Gasteiger partial charge in [-0.25, -0.2) is 5.43 Å². The number of phenols is 1. The van der Waals surface area contributed by atoms with Gasteiger partial charge in [0, 0.05) is 12.0 Å². The minimum absolute atomic E-state index is 0.124. The van der Waals surface area contributed by atoms with E-state index >= 15 is 0 Å². The van der Waals surface area contributed by atoms with Crippen LogP contribution in [0.25, 0.3) is 0 Å². The molecule has 22 heavy (non-hydrogen) atoms. The molecule has 5 heteroatoms. The highest BCUT2D eigenvalue weighted by molar-refractivity contribution is 5.85. The summed E-state index contributed by atoms with van der Waals surface area (Å²) in [6.07, 6.45) is 2.38. The standard InChI is InChI=1S/C17H18N2O3/c1-22-15-9-6-13(7-10-15)8-11-17(21)19-18-12-14-4-2-3-5-16(14)20/h2-7,9-10,12,20H,8,11H2,1H3,(H,19,21)/b18-12+. The number of amides is 1. The van der Waals surface area contributed by atoms with Crippen molar-refractivity contribution in [3.05, 3.63) is 59.7 Å². The second-order valence-corrected chi connectivity index (χ2v) is 4.70. The van der Waals surface area contributed by atoms with Gasteiger partial charge in [-0.3, -0.25) is 4.79 Å². The van der Waals surface area contributed by atoms with E-state index in [4.69, 9.17) is 4.74 Å². The molecule has 114 valence electrons. The molecule has 5 nitrogen and oxygen atoms in total. The van der Waals surface area contributed by atoms with E-state index in [0.717, 1.165) is 11.3 Å². The Morgan fingerprint density at radius 1 is 1.23 bits per heavy atom. The van der Waals surface area contributed by atoms with Crippen LogP contribution < -0.4 is 10.2 Å². The zero-order chi connectivity index (χ0) is 15.8. The summed E-state index contributed by atoms with van der Waals surface area (Å²) in [7, 11) is 1.62. The summed E-state index contributed by atoms with van der Waals surface area (Å²) in [6, 6.07) is 14.4. The normalized spacial score (nSPS) is 10.6. The number of nitrogens with one attached hydrogen (secondary N) is 1. The van der Waals surface area contributed by atoms with Gasteiger partial charge < -0.3 is 9.84 Å². The molecule has 0 saturated carbocycles. The zero-order valence-electron chi connectivity index (χ0n) is 12.3. The van der Waals surface area contributed by atoms with E-state index in [1.807, 2.05) is 24.3 Å². The number of hydrazone groups is 1. The van der Waals surface area contributed by atoms with E-state index in [1.165, 1.54) is 6.21 Å². The molecule has 0 radical (unpaired) electrons. The van der Waals surface area contributed by atoms with Crippen molar-refractivity contribution in [1.29, 1.82) is 0 Å². The lowest BCUT2D eigenvalue weighted by molar-refractivity contribution is -0.121. The van der Waals surface area contributed by atoms with Crippen LogP contribution in [0.1, 0.15) is 17.5 Å². The zero-order valence-corrected chi connectivity index (χ0v) is 12.3. The number of phenolic OH excluding ortho intramolecular Hbond substituents is 1. The smallest absolute Gasteiger partial charge is 0.240 e. The molecule has 0 fully saturated rings. The first-order valence-electron chi connectivity index (χ1n) is 6.92. The van der Waals surface area contributed by atoms with Crippen LogP contribution in [0.2, 0.25) is 0 Å². The molecule has 0 bridgehead atoms. The highest BCUT2D eigenvalue weighted by Crippen LogP contribution is 2.13. The summed E-state index contributed by atoms with van der Waals surface area (Å²) in [6.45, 7) is 0. The summed E-state index contributed by atoms with van der Waals surface area (Å²) >= 11 is 0. The number of rotatable bonds is 6. The van der Waals surface area contributed by atoms with Gasteiger partial charge in [0.2, 0.25) is 5.91 Å². The Morgan fingerprint density at radius 3 is 2.64 bits per heavy atom.